The fraction of sp³-hybridized carbons (Fsp3) is 0.333. The lowest BCUT2D eigenvalue weighted by Crippen LogP contribution is -2.32. The number of hydrogen-bond acceptors (Lipinski definition) is 4. The molecule has 2 rings (SSSR count). The van der Waals surface area contributed by atoms with Gasteiger partial charge in [-0.15, -0.1) is 11.3 Å². The maximum absolute atomic E-state index is 12.1. The van der Waals surface area contributed by atoms with E-state index >= 15 is 0 Å². The van der Waals surface area contributed by atoms with Gasteiger partial charge in [-0.3, -0.25) is 9.89 Å². The van der Waals surface area contributed by atoms with Gasteiger partial charge in [0, 0.05) is 20.1 Å². The van der Waals surface area contributed by atoms with Gasteiger partial charge in [-0.1, -0.05) is 6.07 Å². The number of rotatable bonds is 5. The van der Waals surface area contributed by atoms with Crippen LogP contribution >= 0.6 is 11.3 Å². The molecule has 0 radical (unpaired) electrons. The minimum Gasteiger partial charge on any atom is -0.339 e. The van der Waals surface area contributed by atoms with Crippen LogP contribution in [0, 0.1) is 0 Å². The van der Waals surface area contributed by atoms with E-state index in [4.69, 9.17) is 0 Å². The summed E-state index contributed by atoms with van der Waals surface area (Å²) in [6, 6.07) is 5.77. The molecule has 96 valence electrons. The highest BCUT2D eigenvalue weighted by atomic mass is 32.1. The number of nitrogens with one attached hydrogen (secondary N) is 2. The van der Waals surface area contributed by atoms with Gasteiger partial charge in [0.15, 0.2) is 5.69 Å². The second kappa shape index (κ2) is 5.79. The molecule has 0 saturated heterocycles. The van der Waals surface area contributed by atoms with Crippen molar-refractivity contribution in [2.45, 2.75) is 0 Å². The van der Waals surface area contributed by atoms with Crippen LogP contribution in [0.5, 0.6) is 0 Å². The number of thiophene rings is 1. The predicted octanol–water partition coefficient (Wildman–Crippen LogP) is 1.43. The van der Waals surface area contributed by atoms with E-state index in [0.717, 1.165) is 17.1 Å². The zero-order chi connectivity index (χ0) is 13.0. The molecule has 2 N–H and O–H groups in total. The Morgan fingerprint density at radius 1 is 1.61 bits per heavy atom. The van der Waals surface area contributed by atoms with Crippen LogP contribution in [0.4, 0.5) is 0 Å². The maximum Gasteiger partial charge on any atom is 0.274 e. The Morgan fingerprint density at radius 2 is 2.44 bits per heavy atom. The van der Waals surface area contributed by atoms with Gasteiger partial charge in [0.25, 0.3) is 5.91 Å². The number of H-pyrrole nitrogens is 1. The molecule has 1 amide bonds. The second-order valence-corrected chi connectivity index (χ2v) is 4.92. The van der Waals surface area contributed by atoms with Crippen molar-refractivity contribution in [2.75, 3.05) is 27.2 Å². The minimum atomic E-state index is -0.0655. The van der Waals surface area contributed by atoms with Gasteiger partial charge in [-0.05, 0) is 24.6 Å². The Kier molecular flexibility index (Phi) is 4.11. The van der Waals surface area contributed by atoms with Crippen molar-refractivity contribution in [1.29, 1.82) is 0 Å². The van der Waals surface area contributed by atoms with Crippen molar-refractivity contribution in [1.82, 2.24) is 20.4 Å². The summed E-state index contributed by atoms with van der Waals surface area (Å²) >= 11 is 1.62. The average Bonchev–Trinajstić information content (AvgIpc) is 3.04. The summed E-state index contributed by atoms with van der Waals surface area (Å²) < 4.78 is 0. The SMILES string of the molecule is CNCCN(C)C(=O)c1cc(-c2cccs2)[nH]n1. The lowest BCUT2D eigenvalue weighted by Gasteiger charge is -2.14. The first-order valence-corrected chi connectivity index (χ1v) is 6.59. The highest BCUT2D eigenvalue weighted by molar-refractivity contribution is 7.13. The zero-order valence-corrected chi connectivity index (χ0v) is 11.3. The van der Waals surface area contributed by atoms with Crippen molar-refractivity contribution in [3.63, 3.8) is 0 Å². The molecule has 18 heavy (non-hydrogen) atoms. The normalized spacial score (nSPS) is 10.6. The molecular formula is C12H16N4OS. The zero-order valence-electron chi connectivity index (χ0n) is 10.4. The van der Waals surface area contributed by atoms with E-state index < -0.39 is 0 Å². The van der Waals surface area contributed by atoms with Crippen LogP contribution in [0.15, 0.2) is 23.6 Å². The van der Waals surface area contributed by atoms with Gasteiger partial charge in [0.05, 0.1) is 10.6 Å². The molecule has 2 aromatic rings. The Balaban J connectivity index is 2.08. The Hall–Kier alpha value is -1.66. The molecule has 0 aliphatic rings. The summed E-state index contributed by atoms with van der Waals surface area (Å²) in [5.41, 5.74) is 1.34. The highest BCUT2D eigenvalue weighted by Crippen LogP contribution is 2.23. The number of aromatic amines is 1. The van der Waals surface area contributed by atoms with E-state index in [-0.39, 0.29) is 5.91 Å². The van der Waals surface area contributed by atoms with Gasteiger partial charge < -0.3 is 10.2 Å². The molecule has 2 aromatic heterocycles. The molecule has 2 heterocycles. The molecule has 0 aliphatic heterocycles. The monoisotopic (exact) mass is 264 g/mol. The first-order valence-electron chi connectivity index (χ1n) is 5.71. The third-order valence-corrected chi connectivity index (χ3v) is 3.53. The van der Waals surface area contributed by atoms with Crippen LogP contribution in [0.25, 0.3) is 10.6 Å². The van der Waals surface area contributed by atoms with Gasteiger partial charge in [-0.25, -0.2) is 0 Å². The van der Waals surface area contributed by atoms with Gasteiger partial charge >= 0.3 is 0 Å². The Bertz CT molecular complexity index is 506. The van der Waals surface area contributed by atoms with Crippen molar-refractivity contribution < 1.29 is 4.79 Å². The van der Waals surface area contributed by atoms with Crippen molar-refractivity contribution in [3.05, 3.63) is 29.3 Å². The van der Waals surface area contributed by atoms with Gasteiger partial charge in [0.1, 0.15) is 0 Å². The molecule has 0 bridgehead atoms. The molecule has 0 unspecified atom stereocenters. The maximum atomic E-state index is 12.1. The minimum absolute atomic E-state index is 0.0655. The third-order valence-electron chi connectivity index (χ3n) is 2.63. The Labute approximate surface area is 110 Å². The summed E-state index contributed by atoms with van der Waals surface area (Å²) in [4.78, 5) is 14.8. The van der Waals surface area contributed by atoms with E-state index in [2.05, 4.69) is 15.5 Å². The predicted molar refractivity (Wildman–Crippen MR) is 72.8 cm³/mol. The smallest absolute Gasteiger partial charge is 0.274 e. The summed E-state index contributed by atoms with van der Waals surface area (Å²) in [5.74, 6) is -0.0655. The highest BCUT2D eigenvalue weighted by Gasteiger charge is 2.15. The number of amides is 1. The molecule has 6 heteroatoms. The van der Waals surface area contributed by atoms with E-state index in [0.29, 0.717) is 12.2 Å². The van der Waals surface area contributed by atoms with E-state index in [1.807, 2.05) is 24.6 Å². The molecule has 5 nitrogen and oxygen atoms in total. The summed E-state index contributed by atoms with van der Waals surface area (Å²) in [5, 5.41) is 12.0. The van der Waals surface area contributed by atoms with Crippen LogP contribution < -0.4 is 5.32 Å². The van der Waals surface area contributed by atoms with Crippen LogP contribution in [0.2, 0.25) is 0 Å². The number of hydrogen-bond donors (Lipinski definition) is 2. The van der Waals surface area contributed by atoms with Crippen LogP contribution in [0.3, 0.4) is 0 Å². The van der Waals surface area contributed by atoms with Crippen molar-refractivity contribution in [3.8, 4) is 10.6 Å². The van der Waals surface area contributed by atoms with Crippen LogP contribution in [-0.2, 0) is 0 Å². The van der Waals surface area contributed by atoms with E-state index in [1.165, 1.54) is 0 Å². The molecule has 0 atom stereocenters. The van der Waals surface area contributed by atoms with Crippen LogP contribution in [-0.4, -0.2) is 48.2 Å². The molecule has 0 spiro atoms. The number of carbonyl (C=O) groups is 1. The summed E-state index contributed by atoms with van der Waals surface area (Å²) in [6.45, 7) is 1.43. The lowest BCUT2D eigenvalue weighted by atomic mass is 10.3. The average molecular weight is 264 g/mol. The van der Waals surface area contributed by atoms with Gasteiger partial charge in [0.2, 0.25) is 0 Å². The number of likely N-dealkylation sites (N-methyl/N-ethyl adjacent to an activating group) is 2. The number of nitrogens with zero attached hydrogens (tertiary/aromatic N) is 2. The molecule has 0 aromatic carbocycles. The molecule has 0 fully saturated rings. The number of aromatic nitrogens is 2. The first-order chi connectivity index (χ1) is 8.72. The largest absolute Gasteiger partial charge is 0.339 e. The standard InChI is InChI=1S/C12H16N4OS/c1-13-5-6-16(2)12(17)10-8-9(14-15-10)11-4-3-7-18-11/h3-4,7-8,13H,5-6H2,1-2H3,(H,14,15). The van der Waals surface area contributed by atoms with Crippen LogP contribution in [0.1, 0.15) is 10.5 Å². The summed E-state index contributed by atoms with van der Waals surface area (Å²) in [6.07, 6.45) is 0. The first kappa shape index (κ1) is 12.8. The summed E-state index contributed by atoms with van der Waals surface area (Å²) in [7, 11) is 3.64. The van der Waals surface area contributed by atoms with E-state index in [1.54, 1.807) is 29.4 Å². The van der Waals surface area contributed by atoms with Crippen molar-refractivity contribution >= 4 is 17.2 Å². The number of carbonyl (C=O) groups excluding carboxylic acids is 1. The molecular weight excluding hydrogens is 248 g/mol. The lowest BCUT2D eigenvalue weighted by molar-refractivity contribution is 0.0791. The fourth-order valence-electron chi connectivity index (χ4n) is 1.57. The van der Waals surface area contributed by atoms with Crippen molar-refractivity contribution in [2.24, 2.45) is 0 Å². The van der Waals surface area contributed by atoms with E-state index in [9.17, 15) is 4.79 Å². The fourth-order valence-corrected chi connectivity index (χ4v) is 2.26. The Morgan fingerprint density at radius 3 is 3.11 bits per heavy atom. The second-order valence-electron chi connectivity index (χ2n) is 3.97. The third kappa shape index (κ3) is 2.77. The van der Waals surface area contributed by atoms with Gasteiger partial charge in [-0.2, -0.15) is 5.10 Å². The molecule has 0 saturated carbocycles. The topological polar surface area (TPSA) is 61.0 Å². The quantitative estimate of drug-likeness (QED) is 0.859. The molecule has 0 aliphatic carbocycles.